The van der Waals surface area contributed by atoms with Gasteiger partial charge in [0.05, 0.1) is 37.6 Å². The number of benzene rings is 2. The van der Waals surface area contributed by atoms with E-state index in [9.17, 15) is 19.2 Å². The van der Waals surface area contributed by atoms with Gasteiger partial charge in [0.15, 0.2) is 0 Å². The molecule has 37 heavy (non-hydrogen) atoms. The third-order valence-electron chi connectivity index (χ3n) is 6.31. The van der Waals surface area contributed by atoms with Crippen LogP contribution in [0, 0.1) is 0 Å². The SMILES string of the molecule is CN(CCOCCOCCNc1cccc2c1C(=O)N(C1CCC(=O)NC1=O)C2=O)Cc1ccccc1. The second kappa shape index (κ2) is 12.6. The van der Waals surface area contributed by atoms with Crippen LogP contribution in [-0.4, -0.2) is 86.0 Å². The number of amides is 4. The zero-order valence-corrected chi connectivity index (χ0v) is 20.9. The number of carbonyl (C=O) groups is 4. The third kappa shape index (κ3) is 6.59. The Labute approximate surface area is 215 Å². The van der Waals surface area contributed by atoms with Crippen molar-refractivity contribution in [1.29, 1.82) is 0 Å². The minimum Gasteiger partial charge on any atom is -0.382 e. The van der Waals surface area contributed by atoms with E-state index in [-0.39, 0.29) is 24.0 Å². The second-order valence-corrected chi connectivity index (χ2v) is 9.05. The van der Waals surface area contributed by atoms with E-state index in [0.29, 0.717) is 38.7 Å². The van der Waals surface area contributed by atoms with E-state index >= 15 is 0 Å². The molecule has 4 rings (SSSR count). The van der Waals surface area contributed by atoms with Crippen LogP contribution in [0.5, 0.6) is 0 Å². The van der Waals surface area contributed by atoms with E-state index in [2.05, 4.69) is 34.7 Å². The summed E-state index contributed by atoms with van der Waals surface area (Å²) in [7, 11) is 2.06. The number of anilines is 1. The fourth-order valence-electron chi connectivity index (χ4n) is 4.44. The van der Waals surface area contributed by atoms with Crippen LogP contribution in [0.15, 0.2) is 48.5 Å². The summed E-state index contributed by atoms with van der Waals surface area (Å²) >= 11 is 0. The number of hydrogen-bond donors (Lipinski definition) is 2. The smallest absolute Gasteiger partial charge is 0.264 e. The molecule has 1 fully saturated rings. The fraction of sp³-hybridized carbons (Fsp3) is 0.407. The van der Waals surface area contributed by atoms with Crippen LogP contribution < -0.4 is 10.6 Å². The van der Waals surface area contributed by atoms with Crippen molar-refractivity contribution in [2.24, 2.45) is 0 Å². The molecule has 4 amide bonds. The molecule has 1 saturated heterocycles. The van der Waals surface area contributed by atoms with Crippen molar-refractivity contribution >= 4 is 29.3 Å². The molecule has 196 valence electrons. The van der Waals surface area contributed by atoms with Gasteiger partial charge < -0.3 is 14.8 Å². The molecule has 1 unspecified atom stereocenters. The number of ether oxygens (including phenoxy) is 2. The number of nitrogens with zero attached hydrogens (tertiary/aromatic N) is 2. The van der Waals surface area contributed by atoms with Crippen molar-refractivity contribution in [1.82, 2.24) is 15.1 Å². The van der Waals surface area contributed by atoms with Crippen molar-refractivity contribution in [2.45, 2.75) is 25.4 Å². The first-order valence-electron chi connectivity index (χ1n) is 12.4. The molecule has 0 aromatic heterocycles. The first-order chi connectivity index (χ1) is 18.0. The summed E-state index contributed by atoms with van der Waals surface area (Å²) in [4.78, 5) is 52.8. The summed E-state index contributed by atoms with van der Waals surface area (Å²) in [6.07, 6.45) is 0.207. The van der Waals surface area contributed by atoms with Gasteiger partial charge in [0.25, 0.3) is 11.8 Å². The quantitative estimate of drug-likeness (QED) is 0.310. The van der Waals surface area contributed by atoms with E-state index in [1.165, 1.54) is 5.56 Å². The first-order valence-corrected chi connectivity index (χ1v) is 12.4. The molecule has 2 aliphatic rings. The molecule has 0 aliphatic carbocycles. The third-order valence-corrected chi connectivity index (χ3v) is 6.31. The molecule has 10 nitrogen and oxygen atoms in total. The van der Waals surface area contributed by atoms with Gasteiger partial charge in [-0.2, -0.15) is 0 Å². The normalized spacial score (nSPS) is 17.4. The summed E-state index contributed by atoms with van der Waals surface area (Å²) in [5.41, 5.74) is 2.25. The second-order valence-electron chi connectivity index (χ2n) is 9.05. The molecule has 10 heteroatoms. The maximum atomic E-state index is 13.1. The van der Waals surface area contributed by atoms with Gasteiger partial charge in [0, 0.05) is 31.7 Å². The van der Waals surface area contributed by atoms with Crippen molar-refractivity contribution < 1.29 is 28.7 Å². The van der Waals surface area contributed by atoms with E-state index in [1.807, 2.05) is 18.2 Å². The standard InChI is InChI=1S/C27H32N4O6/c1-30(18-19-6-3-2-4-7-19)13-15-37-17-16-36-14-12-28-21-9-5-8-20-24(21)27(35)31(26(20)34)22-10-11-23(32)29-25(22)33/h2-9,22,28H,10-18H2,1H3,(H,29,32,33). The monoisotopic (exact) mass is 508 g/mol. The summed E-state index contributed by atoms with van der Waals surface area (Å²) in [6.45, 7) is 4.04. The zero-order chi connectivity index (χ0) is 26.2. The molecule has 2 N–H and O–H groups in total. The number of likely N-dealkylation sites (N-methyl/N-ethyl adjacent to an activating group) is 1. The van der Waals surface area contributed by atoms with E-state index in [1.54, 1.807) is 18.2 Å². The average Bonchev–Trinajstić information content (AvgIpc) is 3.14. The largest absolute Gasteiger partial charge is 0.382 e. The lowest BCUT2D eigenvalue weighted by atomic mass is 10.0. The summed E-state index contributed by atoms with van der Waals surface area (Å²) < 4.78 is 11.3. The Morgan fingerprint density at radius 1 is 0.946 bits per heavy atom. The molecule has 0 radical (unpaired) electrons. The van der Waals surface area contributed by atoms with Gasteiger partial charge in [0.1, 0.15) is 6.04 Å². The number of piperidine rings is 1. The molecule has 2 aromatic rings. The van der Waals surface area contributed by atoms with Crippen molar-refractivity contribution in [3.63, 3.8) is 0 Å². The molecule has 2 heterocycles. The van der Waals surface area contributed by atoms with Crippen LogP contribution in [0.1, 0.15) is 39.1 Å². The van der Waals surface area contributed by atoms with E-state index in [4.69, 9.17) is 9.47 Å². The Bertz CT molecular complexity index is 1140. The lowest BCUT2D eigenvalue weighted by Crippen LogP contribution is -2.54. The highest BCUT2D eigenvalue weighted by Gasteiger charge is 2.45. The zero-order valence-electron chi connectivity index (χ0n) is 20.9. The lowest BCUT2D eigenvalue weighted by molar-refractivity contribution is -0.136. The maximum Gasteiger partial charge on any atom is 0.264 e. The topological polar surface area (TPSA) is 117 Å². The Hall–Kier alpha value is -3.60. The van der Waals surface area contributed by atoms with Crippen molar-refractivity contribution in [3.8, 4) is 0 Å². The van der Waals surface area contributed by atoms with Crippen LogP contribution >= 0.6 is 0 Å². The summed E-state index contributed by atoms with van der Waals surface area (Å²) in [5, 5.41) is 5.35. The molecule has 0 spiro atoms. The highest BCUT2D eigenvalue weighted by atomic mass is 16.5. The first kappa shape index (κ1) is 26.5. The summed E-state index contributed by atoms with van der Waals surface area (Å²) in [6, 6.07) is 14.3. The maximum absolute atomic E-state index is 13.1. The Balaban J connectivity index is 1.16. The van der Waals surface area contributed by atoms with Gasteiger partial charge in [-0.15, -0.1) is 0 Å². The molecule has 2 aliphatic heterocycles. The number of hydrogen-bond acceptors (Lipinski definition) is 8. The Morgan fingerprint density at radius 3 is 2.46 bits per heavy atom. The van der Waals surface area contributed by atoms with Crippen LogP contribution in [0.3, 0.4) is 0 Å². The van der Waals surface area contributed by atoms with Crippen LogP contribution in [0.25, 0.3) is 0 Å². The molecule has 0 bridgehead atoms. The molecular weight excluding hydrogens is 476 g/mol. The highest BCUT2D eigenvalue weighted by Crippen LogP contribution is 2.32. The van der Waals surface area contributed by atoms with Crippen LogP contribution in [0.2, 0.25) is 0 Å². The van der Waals surface area contributed by atoms with Crippen molar-refractivity contribution in [3.05, 3.63) is 65.2 Å². The number of fused-ring (bicyclic) bond motifs is 1. The van der Waals surface area contributed by atoms with Gasteiger partial charge in [-0.1, -0.05) is 36.4 Å². The molecule has 0 saturated carbocycles. The Morgan fingerprint density at radius 2 is 1.70 bits per heavy atom. The fourth-order valence-corrected chi connectivity index (χ4v) is 4.44. The van der Waals surface area contributed by atoms with Gasteiger partial charge in [-0.25, -0.2) is 0 Å². The van der Waals surface area contributed by atoms with Crippen molar-refractivity contribution in [2.75, 3.05) is 51.9 Å². The predicted octanol–water partition coefficient (Wildman–Crippen LogP) is 1.66. The Kier molecular flexibility index (Phi) is 8.99. The van der Waals surface area contributed by atoms with E-state index < -0.39 is 29.7 Å². The number of imide groups is 2. The van der Waals surface area contributed by atoms with Gasteiger partial charge >= 0.3 is 0 Å². The minimum absolute atomic E-state index is 0.0837. The lowest BCUT2D eigenvalue weighted by Gasteiger charge is -2.27. The average molecular weight is 509 g/mol. The number of nitrogens with one attached hydrogen (secondary N) is 2. The number of carbonyl (C=O) groups excluding carboxylic acids is 4. The molecular formula is C27H32N4O6. The van der Waals surface area contributed by atoms with Gasteiger partial charge in [0.2, 0.25) is 11.8 Å². The summed E-state index contributed by atoms with van der Waals surface area (Å²) in [5.74, 6) is -2.09. The van der Waals surface area contributed by atoms with Crippen LogP contribution in [-0.2, 0) is 25.6 Å². The number of rotatable bonds is 13. The van der Waals surface area contributed by atoms with Gasteiger partial charge in [-0.05, 0) is 31.2 Å². The predicted molar refractivity (Wildman–Crippen MR) is 136 cm³/mol. The van der Waals surface area contributed by atoms with Crippen LogP contribution in [0.4, 0.5) is 5.69 Å². The molecule has 2 aromatic carbocycles. The minimum atomic E-state index is -0.987. The van der Waals surface area contributed by atoms with Gasteiger partial charge in [-0.3, -0.25) is 34.3 Å². The molecule has 1 atom stereocenters. The highest BCUT2D eigenvalue weighted by molar-refractivity contribution is 6.25. The van der Waals surface area contributed by atoms with E-state index in [0.717, 1.165) is 18.0 Å².